The van der Waals surface area contributed by atoms with Gasteiger partial charge >= 0.3 is 0 Å². The Balaban J connectivity index is 2.45. The molecule has 0 spiro atoms. The van der Waals surface area contributed by atoms with Crippen LogP contribution in [0.1, 0.15) is 16.8 Å². The molecule has 0 unspecified atom stereocenters. The first-order valence-electron chi connectivity index (χ1n) is 5.25. The van der Waals surface area contributed by atoms with Crippen molar-refractivity contribution in [2.45, 2.75) is 23.9 Å². The Morgan fingerprint density at radius 2 is 2.06 bits per heavy atom. The summed E-state index contributed by atoms with van der Waals surface area (Å²) >= 11 is 1.26. The lowest BCUT2D eigenvalue weighted by molar-refractivity contribution is 0.869. The fraction of sp³-hybridized carbons (Fsp3) is 0.167. The van der Waals surface area contributed by atoms with Gasteiger partial charge in [-0.3, -0.25) is 0 Å². The van der Waals surface area contributed by atoms with Gasteiger partial charge in [0.25, 0.3) is 0 Å². The van der Waals surface area contributed by atoms with Crippen molar-refractivity contribution in [3.8, 4) is 6.07 Å². The minimum atomic E-state index is 0.526. The molecule has 90 valence electrons. The van der Waals surface area contributed by atoms with Crippen LogP contribution in [0.5, 0.6) is 0 Å². The van der Waals surface area contributed by atoms with Gasteiger partial charge in [-0.15, -0.1) is 5.10 Å². The van der Waals surface area contributed by atoms with E-state index in [9.17, 15) is 5.26 Å². The van der Waals surface area contributed by atoms with Crippen LogP contribution >= 0.6 is 11.8 Å². The van der Waals surface area contributed by atoms with Gasteiger partial charge in [-0.1, -0.05) is 0 Å². The molecular formula is C12H11N5S. The monoisotopic (exact) mass is 257 g/mol. The van der Waals surface area contributed by atoms with Crippen molar-refractivity contribution in [1.82, 2.24) is 15.2 Å². The van der Waals surface area contributed by atoms with Gasteiger partial charge in [0.15, 0.2) is 0 Å². The smallest absolute Gasteiger partial charge is 0.143 e. The number of pyridine rings is 1. The molecule has 2 aromatic heterocycles. The number of nitriles is 1. The topological polar surface area (TPSA) is 88.5 Å². The predicted molar refractivity (Wildman–Crippen MR) is 69.0 cm³/mol. The van der Waals surface area contributed by atoms with E-state index in [4.69, 9.17) is 5.73 Å². The lowest BCUT2D eigenvalue weighted by atomic mass is 10.1. The van der Waals surface area contributed by atoms with E-state index in [2.05, 4.69) is 21.3 Å². The van der Waals surface area contributed by atoms with E-state index in [0.29, 0.717) is 21.3 Å². The van der Waals surface area contributed by atoms with Gasteiger partial charge in [-0.05, 0) is 43.3 Å². The second-order valence-corrected chi connectivity index (χ2v) is 4.68. The van der Waals surface area contributed by atoms with Gasteiger partial charge in [0, 0.05) is 6.20 Å². The minimum Gasteiger partial charge on any atom is -0.397 e. The standard InChI is InChI=1S/C12H11N5S/c1-7-8(2)16-17-11(9(7)6-13)18-12-10(14)4-3-5-15-12/h3-5H,14H2,1-2H3. The molecule has 5 nitrogen and oxygen atoms in total. The molecule has 0 amide bonds. The zero-order chi connectivity index (χ0) is 13.1. The van der Waals surface area contributed by atoms with E-state index >= 15 is 0 Å². The maximum atomic E-state index is 9.19. The number of hydrogen-bond acceptors (Lipinski definition) is 6. The molecule has 2 heterocycles. The quantitative estimate of drug-likeness (QED) is 0.886. The number of hydrogen-bond donors (Lipinski definition) is 1. The molecule has 0 aliphatic heterocycles. The molecule has 0 saturated heterocycles. The molecule has 0 saturated carbocycles. The zero-order valence-corrected chi connectivity index (χ0v) is 10.8. The van der Waals surface area contributed by atoms with Crippen LogP contribution < -0.4 is 5.73 Å². The fourth-order valence-electron chi connectivity index (χ4n) is 1.37. The average Bonchev–Trinajstić information content (AvgIpc) is 2.37. The highest BCUT2D eigenvalue weighted by molar-refractivity contribution is 7.99. The first-order chi connectivity index (χ1) is 8.63. The lowest BCUT2D eigenvalue weighted by Crippen LogP contribution is -2.00. The highest BCUT2D eigenvalue weighted by Crippen LogP contribution is 2.31. The van der Waals surface area contributed by atoms with Crippen LogP contribution in [0.15, 0.2) is 28.4 Å². The molecule has 0 aliphatic rings. The number of rotatable bonds is 2. The molecule has 2 rings (SSSR count). The van der Waals surface area contributed by atoms with E-state index in [1.807, 2.05) is 13.8 Å². The zero-order valence-electron chi connectivity index (χ0n) is 10.0. The Kier molecular flexibility index (Phi) is 3.44. The third-order valence-corrected chi connectivity index (χ3v) is 3.54. The van der Waals surface area contributed by atoms with Crippen LogP contribution in [-0.4, -0.2) is 15.2 Å². The van der Waals surface area contributed by atoms with Crippen LogP contribution in [0.4, 0.5) is 5.69 Å². The van der Waals surface area contributed by atoms with Crippen molar-refractivity contribution in [3.63, 3.8) is 0 Å². The van der Waals surface area contributed by atoms with Crippen LogP contribution in [0, 0.1) is 25.2 Å². The van der Waals surface area contributed by atoms with Crippen LogP contribution in [0.2, 0.25) is 0 Å². The summed E-state index contributed by atoms with van der Waals surface area (Å²) in [5, 5.41) is 18.4. The lowest BCUT2D eigenvalue weighted by Gasteiger charge is -2.07. The summed E-state index contributed by atoms with van der Waals surface area (Å²) in [4.78, 5) is 4.16. The van der Waals surface area contributed by atoms with Crippen LogP contribution in [0.3, 0.4) is 0 Å². The van der Waals surface area contributed by atoms with E-state index < -0.39 is 0 Å². The molecule has 0 atom stereocenters. The Morgan fingerprint density at radius 1 is 1.28 bits per heavy atom. The maximum absolute atomic E-state index is 9.19. The first-order valence-corrected chi connectivity index (χ1v) is 6.07. The maximum Gasteiger partial charge on any atom is 0.143 e. The summed E-state index contributed by atoms with van der Waals surface area (Å²) in [5.41, 5.74) is 8.49. The summed E-state index contributed by atoms with van der Waals surface area (Å²) in [6.45, 7) is 3.68. The molecule has 0 radical (unpaired) electrons. The molecule has 0 aliphatic carbocycles. The van der Waals surface area contributed by atoms with Gasteiger partial charge in [0.1, 0.15) is 16.1 Å². The van der Waals surface area contributed by atoms with Gasteiger partial charge in [0.05, 0.1) is 16.9 Å². The SMILES string of the molecule is Cc1nnc(Sc2ncccc2N)c(C#N)c1C. The number of aryl methyl sites for hydroxylation is 1. The highest BCUT2D eigenvalue weighted by Gasteiger charge is 2.13. The Hall–Kier alpha value is -2.13. The fourth-order valence-corrected chi connectivity index (χ4v) is 2.23. The van der Waals surface area contributed by atoms with Crippen LogP contribution in [0.25, 0.3) is 0 Å². The molecule has 2 N–H and O–H groups in total. The number of nitrogens with two attached hydrogens (primary N) is 1. The second kappa shape index (κ2) is 5.02. The first kappa shape index (κ1) is 12.3. The predicted octanol–water partition coefficient (Wildman–Crippen LogP) is 2.09. The normalized spacial score (nSPS) is 10.1. The van der Waals surface area contributed by atoms with E-state index in [1.54, 1.807) is 18.3 Å². The molecule has 0 fully saturated rings. The van der Waals surface area contributed by atoms with Gasteiger partial charge in [-0.25, -0.2) is 4.98 Å². The van der Waals surface area contributed by atoms with Gasteiger partial charge in [0.2, 0.25) is 0 Å². The second-order valence-electron chi connectivity index (χ2n) is 3.70. The average molecular weight is 257 g/mol. The number of nitrogen functional groups attached to an aromatic ring is 1. The summed E-state index contributed by atoms with van der Waals surface area (Å²) < 4.78 is 0. The highest BCUT2D eigenvalue weighted by atomic mass is 32.2. The van der Waals surface area contributed by atoms with Gasteiger partial charge < -0.3 is 5.73 Å². The Bertz CT molecular complexity index is 633. The molecule has 0 bridgehead atoms. The van der Waals surface area contributed by atoms with Crippen molar-refractivity contribution >= 4 is 17.4 Å². The largest absolute Gasteiger partial charge is 0.397 e. The summed E-state index contributed by atoms with van der Waals surface area (Å²) in [6, 6.07) is 5.67. The molecular weight excluding hydrogens is 246 g/mol. The van der Waals surface area contributed by atoms with Crippen molar-refractivity contribution < 1.29 is 0 Å². The van der Waals surface area contributed by atoms with Crippen molar-refractivity contribution in [1.29, 1.82) is 5.26 Å². The number of nitrogens with zero attached hydrogens (tertiary/aromatic N) is 4. The van der Waals surface area contributed by atoms with E-state index in [-0.39, 0.29) is 0 Å². The molecule has 0 aromatic carbocycles. The number of aromatic nitrogens is 3. The number of anilines is 1. The third kappa shape index (κ3) is 2.26. The summed E-state index contributed by atoms with van der Waals surface area (Å²) in [6.07, 6.45) is 1.65. The van der Waals surface area contributed by atoms with Crippen molar-refractivity contribution in [2.24, 2.45) is 0 Å². The van der Waals surface area contributed by atoms with E-state index in [0.717, 1.165) is 11.3 Å². The Labute approximate surface area is 109 Å². The summed E-state index contributed by atoms with van der Waals surface area (Å²) in [5.74, 6) is 0. The van der Waals surface area contributed by atoms with Crippen molar-refractivity contribution in [2.75, 3.05) is 5.73 Å². The Morgan fingerprint density at radius 3 is 2.72 bits per heavy atom. The van der Waals surface area contributed by atoms with Gasteiger partial charge in [-0.2, -0.15) is 10.4 Å². The molecule has 18 heavy (non-hydrogen) atoms. The summed E-state index contributed by atoms with van der Waals surface area (Å²) in [7, 11) is 0. The molecule has 6 heteroatoms. The van der Waals surface area contributed by atoms with Crippen LogP contribution in [-0.2, 0) is 0 Å². The van der Waals surface area contributed by atoms with Crippen molar-refractivity contribution in [3.05, 3.63) is 35.2 Å². The minimum absolute atomic E-state index is 0.526. The molecule has 2 aromatic rings. The third-order valence-electron chi connectivity index (χ3n) is 2.53. The van der Waals surface area contributed by atoms with E-state index in [1.165, 1.54) is 11.8 Å².